The maximum absolute atomic E-state index is 11.0. The summed E-state index contributed by atoms with van der Waals surface area (Å²) in [5.41, 5.74) is 2.84. The van der Waals surface area contributed by atoms with Gasteiger partial charge in [0, 0.05) is 18.0 Å². The highest BCUT2D eigenvalue weighted by molar-refractivity contribution is 5.81. The summed E-state index contributed by atoms with van der Waals surface area (Å²) in [5, 5.41) is 9.04. The molecule has 0 saturated carbocycles. The zero-order valence-corrected chi connectivity index (χ0v) is 10.8. The fraction of sp³-hybridized carbons (Fsp3) is 0.133. The third-order valence-corrected chi connectivity index (χ3v) is 3.21. The molecule has 0 aliphatic carbocycles. The Morgan fingerprint density at radius 1 is 1.25 bits per heavy atom. The van der Waals surface area contributed by atoms with E-state index in [2.05, 4.69) is 9.97 Å². The van der Waals surface area contributed by atoms with Crippen LogP contribution in [0.2, 0.25) is 0 Å². The lowest BCUT2D eigenvalue weighted by atomic mass is 10.0. The molecular formula is C15H12N2O3. The van der Waals surface area contributed by atoms with Crippen molar-refractivity contribution in [2.24, 2.45) is 0 Å². The zero-order chi connectivity index (χ0) is 14.1. The third kappa shape index (κ3) is 2.14. The zero-order valence-electron chi connectivity index (χ0n) is 10.8. The van der Waals surface area contributed by atoms with Gasteiger partial charge in [0.05, 0.1) is 5.92 Å². The van der Waals surface area contributed by atoms with Crippen LogP contribution in [0.15, 0.2) is 47.1 Å². The second kappa shape index (κ2) is 4.77. The first-order chi connectivity index (χ1) is 9.65. The van der Waals surface area contributed by atoms with Crippen molar-refractivity contribution >= 4 is 17.1 Å². The van der Waals surface area contributed by atoms with Gasteiger partial charge in [0.15, 0.2) is 5.58 Å². The van der Waals surface area contributed by atoms with Gasteiger partial charge in [-0.25, -0.2) is 4.98 Å². The molecule has 2 aromatic heterocycles. The number of oxazole rings is 1. The van der Waals surface area contributed by atoms with Gasteiger partial charge in [0.2, 0.25) is 5.89 Å². The number of nitrogens with zero attached hydrogens (tertiary/aromatic N) is 2. The normalized spacial score (nSPS) is 12.4. The van der Waals surface area contributed by atoms with Gasteiger partial charge in [-0.05, 0) is 36.8 Å². The number of hydrogen-bond donors (Lipinski definition) is 1. The third-order valence-electron chi connectivity index (χ3n) is 3.21. The number of carboxylic acids is 1. The molecule has 0 spiro atoms. The van der Waals surface area contributed by atoms with Gasteiger partial charge in [0.25, 0.3) is 0 Å². The van der Waals surface area contributed by atoms with E-state index >= 15 is 0 Å². The van der Waals surface area contributed by atoms with Crippen LogP contribution in [0.5, 0.6) is 0 Å². The fourth-order valence-corrected chi connectivity index (χ4v) is 1.97. The lowest BCUT2D eigenvalue weighted by Gasteiger charge is -2.04. The molecule has 5 heteroatoms. The molecule has 3 aromatic rings. The van der Waals surface area contributed by atoms with E-state index < -0.39 is 11.9 Å². The van der Waals surface area contributed by atoms with E-state index in [1.165, 1.54) is 0 Å². The molecule has 0 saturated heterocycles. The molecule has 0 amide bonds. The van der Waals surface area contributed by atoms with E-state index in [1.54, 1.807) is 37.5 Å². The van der Waals surface area contributed by atoms with Crippen molar-refractivity contribution in [1.82, 2.24) is 9.97 Å². The summed E-state index contributed by atoms with van der Waals surface area (Å²) in [6, 6.07) is 8.88. The van der Waals surface area contributed by atoms with E-state index in [-0.39, 0.29) is 0 Å². The van der Waals surface area contributed by atoms with Gasteiger partial charge in [-0.2, -0.15) is 0 Å². The van der Waals surface area contributed by atoms with E-state index in [0.717, 1.165) is 5.56 Å². The second-order valence-electron chi connectivity index (χ2n) is 4.54. The minimum Gasteiger partial charge on any atom is -0.481 e. The van der Waals surface area contributed by atoms with E-state index in [0.29, 0.717) is 22.6 Å². The Morgan fingerprint density at radius 2 is 2.00 bits per heavy atom. The lowest BCUT2D eigenvalue weighted by molar-refractivity contribution is -0.138. The molecule has 1 aromatic carbocycles. The molecule has 0 aliphatic heterocycles. The summed E-state index contributed by atoms with van der Waals surface area (Å²) in [6.45, 7) is 1.65. The van der Waals surface area contributed by atoms with Crippen LogP contribution in [0.1, 0.15) is 18.4 Å². The Hall–Kier alpha value is -2.69. The minimum atomic E-state index is -0.859. The Morgan fingerprint density at radius 3 is 2.70 bits per heavy atom. The number of carbonyl (C=O) groups is 1. The largest absolute Gasteiger partial charge is 0.481 e. The highest BCUT2D eigenvalue weighted by atomic mass is 16.4. The molecule has 0 bridgehead atoms. The molecule has 1 N–H and O–H groups in total. The summed E-state index contributed by atoms with van der Waals surface area (Å²) >= 11 is 0. The first-order valence-corrected chi connectivity index (χ1v) is 6.19. The van der Waals surface area contributed by atoms with Crippen LogP contribution in [0.4, 0.5) is 0 Å². The lowest BCUT2D eigenvalue weighted by Crippen LogP contribution is -2.06. The second-order valence-corrected chi connectivity index (χ2v) is 4.54. The van der Waals surface area contributed by atoms with Crippen molar-refractivity contribution < 1.29 is 14.3 Å². The maximum atomic E-state index is 11.0. The molecule has 1 atom stereocenters. The molecule has 0 radical (unpaired) electrons. The average Bonchev–Trinajstić information content (AvgIpc) is 2.90. The molecule has 100 valence electrons. The predicted octanol–water partition coefficient (Wildman–Crippen LogP) is 3.08. The molecule has 0 fully saturated rings. The highest BCUT2D eigenvalue weighted by Gasteiger charge is 2.16. The number of fused-ring (bicyclic) bond motifs is 1. The molecule has 5 nitrogen and oxygen atoms in total. The van der Waals surface area contributed by atoms with E-state index in [4.69, 9.17) is 9.52 Å². The van der Waals surface area contributed by atoms with Crippen molar-refractivity contribution in [3.05, 3.63) is 48.3 Å². The number of benzene rings is 1. The first kappa shape index (κ1) is 12.3. The smallest absolute Gasteiger partial charge is 0.310 e. The van der Waals surface area contributed by atoms with Crippen LogP contribution in [0.3, 0.4) is 0 Å². The summed E-state index contributed by atoms with van der Waals surface area (Å²) in [6.07, 6.45) is 3.34. The van der Waals surface area contributed by atoms with Gasteiger partial charge >= 0.3 is 5.97 Å². The van der Waals surface area contributed by atoms with Gasteiger partial charge in [0.1, 0.15) is 5.52 Å². The number of aliphatic carboxylic acids is 1. The number of pyridine rings is 1. The standard InChI is InChI=1S/C15H12N2O3/c1-9(15(18)19)11-2-3-13-12(8-11)17-14(20-13)10-4-6-16-7-5-10/h2-9H,1H3,(H,18,19)/t9-/m1/s1. The quantitative estimate of drug-likeness (QED) is 0.790. The fourth-order valence-electron chi connectivity index (χ4n) is 1.97. The van der Waals surface area contributed by atoms with Crippen LogP contribution in [0, 0.1) is 0 Å². The van der Waals surface area contributed by atoms with Crippen LogP contribution in [-0.2, 0) is 4.79 Å². The van der Waals surface area contributed by atoms with Crippen molar-refractivity contribution in [2.45, 2.75) is 12.8 Å². The molecular weight excluding hydrogens is 256 g/mol. The van der Waals surface area contributed by atoms with E-state index in [1.807, 2.05) is 12.1 Å². The summed E-state index contributed by atoms with van der Waals surface area (Å²) in [5.74, 6) is -0.926. The number of rotatable bonds is 3. The van der Waals surface area contributed by atoms with Crippen LogP contribution >= 0.6 is 0 Å². The SMILES string of the molecule is C[C@@H](C(=O)O)c1ccc2oc(-c3ccncc3)nc2c1. The Balaban J connectivity index is 2.06. The van der Waals surface area contributed by atoms with Crippen molar-refractivity contribution in [1.29, 1.82) is 0 Å². The summed E-state index contributed by atoms with van der Waals surface area (Å²) in [4.78, 5) is 19.4. The van der Waals surface area contributed by atoms with Crippen LogP contribution in [0.25, 0.3) is 22.6 Å². The first-order valence-electron chi connectivity index (χ1n) is 6.19. The van der Waals surface area contributed by atoms with E-state index in [9.17, 15) is 4.79 Å². The highest BCUT2D eigenvalue weighted by Crippen LogP contribution is 2.26. The number of hydrogen-bond acceptors (Lipinski definition) is 4. The van der Waals surface area contributed by atoms with Crippen molar-refractivity contribution in [3.63, 3.8) is 0 Å². The Labute approximate surface area is 114 Å². The molecule has 0 aliphatic rings. The minimum absolute atomic E-state index is 0.502. The van der Waals surface area contributed by atoms with Crippen molar-refractivity contribution in [3.8, 4) is 11.5 Å². The van der Waals surface area contributed by atoms with Gasteiger partial charge < -0.3 is 9.52 Å². The van der Waals surface area contributed by atoms with Gasteiger partial charge in [-0.3, -0.25) is 9.78 Å². The summed E-state index contributed by atoms with van der Waals surface area (Å²) in [7, 11) is 0. The number of carboxylic acid groups (broad SMARTS) is 1. The predicted molar refractivity (Wildman–Crippen MR) is 73.3 cm³/mol. The van der Waals surface area contributed by atoms with Crippen LogP contribution < -0.4 is 0 Å². The maximum Gasteiger partial charge on any atom is 0.310 e. The van der Waals surface area contributed by atoms with Gasteiger partial charge in [-0.15, -0.1) is 0 Å². The van der Waals surface area contributed by atoms with Crippen LogP contribution in [-0.4, -0.2) is 21.0 Å². The molecule has 20 heavy (non-hydrogen) atoms. The monoisotopic (exact) mass is 268 g/mol. The Kier molecular flexibility index (Phi) is 2.95. The topological polar surface area (TPSA) is 76.2 Å². The molecule has 0 unspecified atom stereocenters. The van der Waals surface area contributed by atoms with Crippen molar-refractivity contribution in [2.75, 3.05) is 0 Å². The Bertz CT molecular complexity index is 765. The average molecular weight is 268 g/mol. The number of aromatic nitrogens is 2. The molecule has 2 heterocycles. The summed E-state index contributed by atoms with van der Waals surface area (Å²) < 4.78 is 5.66. The molecule has 3 rings (SSSR count). The van der Waals surface area contributed by atoms with Gasteiger partial charge in [-0.1, -0.05) is 6.07 Å².